The van der Waals surface area contributed by atoms with Gasteiger partial charge in [0, 0.05) is 24.5 Å². The molecule has 4 nitrogen and oxygen atoms in total. The van der Waals surface area contributed by atoms with Crippen molar-refractivity contribution in [2.75, 3.05) is 6.54 Å². The van der Waals surface area contributed by atoms with Crippen molar-refractivity contribution >= 4 is 16.9 Å². The van der Waals surface area contributed by atoms with Gasteiger partial charge >= 0.3 is 5.97 Å². The molecule has 2 rings (SSSR count). The van der Waals surface area contributed by atoms with Crippen LogP contribution in [-0.4, -0.2) is 22.6 Å². The number of unbranched alkanes of at least 4 members (excludes halogenated alkanes) is 1. The molecular formula is C15H18N2O2. The second kappa shape index (κ2) is 6.85. The van der Waals surface area contributed by atoms with Crippen molar-refractivity contribution in [1.29, 1.82) is 0 Å². The number of hydrogen-bond donors (Lipinski definition) is 2. The molecule has 2 N–H and O–H groups in total. The Hall–Kier alpha value is -1.94. The number of nitrogens with zero attached hydrogens (tertiary/aromatic N) is 1. The highest BCUT2D eigenvalue weighted by atomic mass is 16.4. The van der Waals surface area contributed by atoms with E-state index in [4.69, 9.17) is 5.11 Å². The molecule has 0 radical (unpaired) electrons. The number of para-hydroxylation sites is 1. The van der Waals surface area contributed by atoms with Crippen molar-refractivity contribution in [2.24, 2.45) is 0 Å². The van der Waals surface area contributed by atoms with E-state index in [2.05, 4.69) is 28.5 Å². The molecule has 1 aromatic carbocycles. The summed E-state index contributed by atoms with van der Waals surface area (Å²) in [7, 11) is 0. The van der Waals surface area contributed by atoms with Crippen molar-refractivity contribution in [3.8, 4) is 0 Å². The first kappa shape index (κ1) is 13.5. The van der Waals surface area contributed by atoms with Gasteiger partial charge in [0.25, 0.3) is 0 Å². The van der Waals surface area contributed by atoms with Crippen LogP contribution in [0.5, 0.6) is 0 Å². The van der Waals surface area contributed by atoms with Crippen LogP contribution in [0.15, 0.2) is 36.5 Å². The lowest BCUT2D eigenvalue weighted by Crippen LogP contribution is -2.15. The molecule has 1 aromatic heterocycles. The van der Waals surface area contributed by atoms with Crippen LogP contribution in [0, 0.1) is 0 Å². The fourth-order valence-corrected chi connectivity index (χ4v) is 2.06. The minimum atomic E-state index is -0.724. The fourth-order valence-electron chi connectivity index (χ4n) is 2.06. The largest absolute Gasteiger partial charge is 0.481 e. The Morgan fingerprint density at radius 2 is 2.05 bits per heavy atom. The number of benzene rings is 1. The van der Waals surface area contributed by atoms with Crippen LogP contribution in [0.4, 0.5) is 0 Å². The van der Waals surface area contributed by atoms with Crippen molar-refractivity contribution < 1.29 is 9.90 Å². The molecule has 0 spiro atoms. The van der Waals surface area contributed by atoms with E-state index in [-0.39, 0.29) is 6.42 Å². The first-order valence-electron chi connectivity index (χ1n) is 6.52. The third-order valence-corrected chi connectivity index (χ3v) is 3.03. The SMILES string of the molecule is O=C(O)CCCCNCc1cccc2cccnc12. The lowest BCUT2D eigenvalue weighted by atomic mass is 10.1. The second-order valence-corrected chi connectivity index (χ2v) is 4.52. The van der Waals surface area contributed by atoms with E-state index < -0.39 is 5.97 Å². The van der Waals surface area contributed by atoms with Gasteiger partial charge in [0.2, 0.25) is 0 Å². The number of hydrogen-bond acceptors (Lipinski definition) is 3. The number of nitrogens with one attached hydrogen (secondary N) is 1. The first-order chi connectivity index (χ1) is 9.27. The van der Waals surface area contributed by atoms with E-state index in [9.17, 15) is 4.79 Å². The van der Waals surface area contributed by atoms with Gasteiger partial charge < -0.3 is 10.4 Å². The number of aromatic nitrogens is 1. The molecule has 0 unspecified atom stereocenters. The lowest BCUT2D eigenvalue weighted by Gasteiger charge is -2.07. The molecule has 0 saturated carbocycles. The summed E-state index contributed by atoms with van der Waals surface area (Å²) in [4.78, 5) is 14.8. The number of carbonyl (C=O) groups is 1. The second-order valence-electron chi connectivity index (χ2n) is 4.52. The molecule has 0 amide bonds. The topological polar surface area (TPSA) is 62.2 Å². The summed E-state index contributed by atoms with van der Waals surface area (Å²) in [5, 5.41) is 13.0. The Balaban J connectivity index is 1.83. The van der Waals surface area contributed by atoms with Crippen LogP contribution in [0.3, 0.4) is 0 Å². The van der Waals surface area contributed by atoms with E-state index in [1.807, 2.05) is 12.1 Å². The van der Waals surface area contributed by atoms with Gasteiger partial charge in [-0.05, 0) is 31.0 Å². The van der Waals surface area contributed by atoms with E-state index in [1.165, 1.54) is 5.56 Å². The summed E-state index contributed by atoms with van der Waals surface area (Å²) in [6, 6.07) is 10.1. The molecular weight excluding hydrogens is 240 g/mol. The Kier molecular flexibility index (Phi) is 4.86. The molecule has 0 aliphatic rings. The molecule has 0 aliphatic heterocycles. The van der Waals surface area contributed by atoms with Crippen LogP contribution in [0.1, 0.15) is 24.8 Å². The highest BCUT2D eigenvalue weighted by Gasteiger charge is 2.01. The van der Waals surface area contributed by atoms with Crippen LogP contribution in [0.2, 0.25) is 0 Å². The van der Waals surface area contributed by atoms with Gasteiger partial charge in [0.1, 0.15) is 0 Å². The van der Waals surface area contributed by atoms with E-state index in [0.29, 0.717) is 0 Å². The van der Waals surface area contributed by atoms with Gasteiger partial charge in [-0.1, -0.05) is 24.3 Å². The monoisotopic (exact) mass is 258 g/mol. The highest BCUT2D eigenvalue weighted by Crippen LogP contribution is 2.15. The van der Waals surface area contributed by atoms with E-state index in [1.54, 1.807) is 6.20 Å². The van der Waals surface area contributed by atoms with E-state index in [0.717, 1.165) is 36.8 Å². The van der Waals surface area contributed by atoms with Crippen molar-refractivity contribution in [3.05, 3.63) is 42.1 Å². The molecule has 0 saturated heterocycles. The quantitative estimate of drug-likeness (QED) is 0.749. The van der Waals surface area contributed by atoms with Gasteiger partial charge in [-0.2, -0.15) is 0 Å². The Labute approximate surface area is 112 Å². The Bertz CT molecular complexity index is 549. The number of fused-ring (bicyclic) bond motifs is 1. The summed E-state index contributed by atoms with van der Waals surface area (Å²) in [6.45, 7) is 1.60. The fraction of sp³-hybridized carbons (Fsp3) is 0.333. The van der Waals surface area contributed by atoms with Gasteiger partial charge in [0.15, 0.2) is 0 Å². The molecule has 0 fully saturated rings. The van der Waals surface area contributed by atoms with Gasteiger partial charge in [-0.3, -0.25) is 9.78 Å². The average molecular weight is 258 g/mol. The highest BCUT2D eigenvalue weighted by molar-refractivity contribution is 5.81. The Morgan fingerprint density at radius 1 is 1.21 bits per heavy atom. The number of carboxylic acid groups (broad SMARTS) is 1. The summed E-state index contributed by atoms with van der Waals surface area (Å²) in [5.74, 6) is -0.724. The summed E-state index contributed by atoms with van der Waals surface area (Å²) >= 11 is 0. The zero-order valence-corrected chi connectivity index (χ0v) is 10.8. The zero-order valence-electron chi connectivity index (χ0n) is 10.8. The normalized spacial score (nSPS) is 10.7. The third-order valence-electron chi connectivity index (χ3n) is 3.03. The lowest BCUT2D eigenvalue weighted by molar-refractivity contribution is -0.137. The maximum absolute atomic E-state index is 10.4. The van der Waals surface area contributed by atoms with Gasteiger partial charge in [-0.25, -0.2) is 0 Å². The molecule has 4 heteroatoms. The minimum Gasteiger partial charge on any atom is -0.481 e. The smallest absolute Gasteiger partial charge is 0.303 e. The molecule has 0 bridgehead atoms. The van der Waals surface area contributed by atoms with Crippen LogP contribution < -0.4 is 5.32 Å². The number of aliphatic carboxylic acids is 1. The van der Waals surface area contributed by atoms with E-state index >= 15 is 0 Å². The van der Waals surface area contributed by atoms with Crippen LogP contribution >= 0.6 is 0 Å². The number of rotatable bonds is 7. The molecule has 2 aromatic rings. The standard InChI is InChI=1S/C15H18N2O2/c18-14(19)8-1-2-9-16-11-13-6-3-5-12-7-4-10-17-15(12)13/h3-7,10,16H,1-2,8-9,11H2,(H,18,19). The van der Waals surface area contributed by atoms with Crippen molar-refractivity contribution in [3.63, 3.8) is 0 Å². The van der Waals surface area contributed by atoms with Gasteiger partial charge in [-0.15, -0.1) is 0 Å². The minimum absolute atomic E-state index is 0.248. The molecule has 19 heavy (non-hydrogen) atoms. The Morgan fingerprint density at radius 3 is 2.89 bits per heavy atom. The molecule has 0 aliphatic carbocycles. The van der Waals surface area contributed by atoms with Crippen molar-refractivity contribution in [2.45, 2.75) is 25.8 Å². The zero-order chi connectivity index (χ0) is 13.5. The molecule has 0 atom stereocenters. The predicted octanol–water partition coefficient (Wildman–Crippen LogP) is 2.58. The number of carboxylic acids is 1. The first-order valence-corrected chi connectivity index (χ1v) is 6.52. The van der Waals surface area contributed by atoms with Crippen molar-refractivity contribution in [1.82, 2.24) is 10.3 Å². The maximum atomic E-state index is 10.4. The maximum Gasteiger partial charge on any atom is 0.303 e. The molecule has 1 heterocycles. The summed E-state index contributed by atoms with van der Waals surface area (Å²) < 4.78 is 0. The summed E-state index contributed by atoms with van der Waals surface area (Å²) in [5.41, 5.74) is 2.21. The number of pyridine rings is 1. The predicted molar refractivity (Wildman–Crippen MR) is 74.9 cm³/mol. The van der Waals surface area contributed by atoms with Gasteiger partial charge in [0.05, 0.1) is 5.52 Å². The summed E-state index contributed by atoms with van der Waals surface area (Å²) in [6.07, 6.45) is 3.65. The van der Waals surface area contributed by atoms with Crippen LogP contribution in [0.25, 0.3) is 10.9 Å². The molecule has 100 valence electrons. The third kappa shape index (κ3) is 4.03. The average Bonchev–Trinajstić information content (AvgIpc) is 2.42. The van der Waals surface area contributed by atoms with Crippen LogP contribution in [-0.2, 0) is 11.3 Å².